The van der Waals surface area contributed by atoms with Gasteiger partial charge in [-0.25, -0.2) is 0 Å². The van der Waals surface area contributed by atoms with Crippen LogP contribution in [-0.2, 0) is 6.42 Å². The summed E-state index contributed by atoms with van der Waals surface area (Å²) >= 11 is 0. The highest BCUT2D eigenvalue weighted by molar-refractivity contribution is 5.90. The Morgan fingerprint density at radius 3 is 3.09 bits per heavy atom. The summed E-state index contributed by atoms with van der Waals surface area (Å²) in [6.07, 6.45) is 5.06. The molecule has 1 saturated heterocycles. The Balaban J connectivity index is 1.58. The van der Waals surface area contributed by atoms with Crippen LogP contribution in [0.5, 0.6) is 0 Å². The minimum Gasteiger partial charge on any atom is -0.364 e. The quantitative estimate of drug-likeness (QED) is 0.871. The van der Waals surface area contributed by atoms with Gasteiger partial charge in [-0.2, -0.15) is 5.10 Å². The van der Waals surface area contributed by atoms with Crippen molar-refractivity contribution in [2.75, 3.05) is 19.6 Å². The van der Waals surface area contributed by atoms with E-state index in [0.717, 1.165) is 50.3 Å². The van der Waals surface area contributed by atoms with Gasteiger partial charge in [-0.1, -0.05) is 6.07 Å². The molecule has 0 spiro atoms. The Hall–Kier alpha value is -2.21. The number of pyridine rings is 1. The molecule has 1 fully saturated rings. The molecule has 6 heteroatoms. The first-order valence-corrected chi connectivity index (χ1v) is 7.70. The van der Waals surface area contributed by atoms with Crippen molar-refractivity contribution in [3.63, 3.8) is 0 Å². The number of carbonyl (C=O) groups is 1. The number of rotatable bonds is 5. The predicted octanol–water partition coefficient (Wildman–Crippen LogP) is 1.33. The fourth-order valence-corrected chi connectivity index (χ4v) is 3.00. The van der Waals surface area contributed by atoms with Crippen LogP contribution in [0.25, 0.3) is 0 Å². The first kappa shape index (κ1) is 14.7. The summed E-state index contributed by atoms with van der Waals surface area (Å²) in [5, 5.41) is 6.94. The molecule has 0 saturated carbocycles. The summed E-state index contributed by atoms with van der Waals surface area (Å²) in [7, 11) is 0. The summed E-state index contributed by atoms with van der Waals surface area (Å²) in [6, 6.07) is 7.82. The number of aromatic amines is 1. The number of nitrogens with one attached hydrogen (secondary N) is 1. The average molecular weight is 299 g/mol. The van der Waals surface area contributed by atoms with Crippen molar-refractivity contribution in [2.45, 2.75) is 25.2 Å². The van der Waals surface area contributed by atoms with Gasteiger partial charge in [-0.15, -0.1) is 0 Å². The van der Waals surface area contributed by atoms with E-state index in [4.69, 9.17) is 5.73 Å². The van der Waals surface area contributed by atoms with Crippen LogP contribution in [0.4, 0.5) is 0 Å². The van der Waals surface area contributed by atoms with Crippen molar-refractivity contribution in [2.24, 2.45) is 5.73 Å². The normalized spacial score (nSPS) is 19.2. The lowest BCUT2D eigenvalue weighted by Gasteiger charge is -2.32. The van der Waals surface area contributed by atoms with Crippen LogP contribution < -0.4 is 5.73 Å². The number of nitrogens with zero attached hydrogens (tertiary/aromatic N) is 3. The molecule has 2 aromatic heterocycles. The lowest BCUT2D eigenvalue weighted by atomic mass is 9.94. The molecule has 3 heterocycles. The van der Waals surface area contributed by atoms with Crippen LogP contribution in [0.2, 0.25) is 0 Å². The maximum Gasteiger partial charge on any atom is 0.269 e. The lowest BCUT2D eigenvalue weighted by molar-refractivity contribution is 0.0995. The molecule has 0 unspecified atom stereocenters. The minimum absolute atomic E-state index is 0.320. The average Bonchev–Trinajstić information content (AvgIpc) is 3.05. The smallest absolute Gasteiger partial charge is 0.269 e. The third-order valence-corrected chi connectivity index (χ3v) is 4.21. The van der Waals surface area contributed by atoms with Gasteiger partial charge < -0.3 is 10.6 Å². The fraction of sp³-hybridized carbons (Fsp3) is 0.438. The van der Waals surface area contributed by atoms with E-state index in [1.54, 1.807) is 6.07 Å². The number of hydrogen-bond acceptors (Lipinski definition) is 4. The topological polar surface area (TPSA) is 87.9 Å². The summed E-state index contributed by atoms with van der Waals surface area (Å²) in [5.74, 6) is -0.0941. The Bertz CT molecular complexity index is 624. The molecule has 3 rings (SSSR count). The number of carbonyl (C=O) groups excluding carboxylic acids is 1. The van der Waals surface area contributed by atoms with Gasteiger partial charge in [-0.3, -0.25) is 14.9 Å². The van der Waals surface area contributed by atoms with Crippen molar-refractivity contribution in [1.82, 2.24) is 20.1 Å². The van der Waals surface area contributed by atoms with E-state index in [9.17, 15) is 4.79 Å². The van der Waals surface area contributed by atoms with Gasteiger partial charge in [0.1, 0.15) is 5.69 Å². The number of primary amides is 1. The number of nitrogens with two attached hydrogens (primary N) is 1. The molecular formula is C16H21N5O. The summed E-state index contributed by atoms with van der Waals surface area (Å²) in [4.78, 5) is 18.0. The van der Waals surface area contributed by atoms with Crippen LogP contribution in [0.15, 0.2) is 30.5 Å². The van der Waals surface area contributed by atoms with Gasteiger partial charge in [0, 0.05) is 43.0 Å². The van der Waals surface area contributed by atoms with Gasteiger partial charge in [0.15, 0.2) is 0 Å². The van der Waals surface area contributed by atoms with Crippen molar-refractivity contribution in [3.8, 4) is 0 Å². The number of H-pyrrole nitrogens is 1. The number of amides is 1. The van der Waals surface area contributed by atoms with E-state index in [2.05, 4.69) is 26.1 Å². The van der Waals surface area contributed by atoms with E-state index in [-0.39, 0.29) is 0 Å². The molecule has 22 heavy (non-hydrogen) atoms. The zero-order valence-corrected chi connectivity index (χ0v) is 12.5. The standard InChI is InChI=1S/C16H21N5O/c17-16(22)15-10-14(19-20-15)12-4-3-8-21(11-12)9-6-13-5-1-2-7-18-13/h1-2,5,7,10,12H,3-4,6,8-9,11H2,(H2,17,22)(H,19,20)/t12-/m0/s1. The molecular weight excluding hydrogens is 278 g/mol. The molecule has 1 aliphatic rings. The van der Waals surface area contributed by atoms with Crippen LogP contribution in [0.3, 0.4) is 0 Å². The first-order chi connectivity index (χ1) is 10.7. The Morgan fingerprint density at radius 1 is 1.45 bits per heavy atom. The molecule has 2 aromatic rings. The Kier molecular flexibility index (Phi) is 4.48. The largest absolute Gasteiger partial charge is 0.364 e. The fourth-order valence-electron chi connectivity index (χ4n) is 3.00. The zero-order chi connectivity index (χ0) is 15.4. The summed E-state index contributed by atoms with van der Waals surface area (Å²) in [6.45, 7) is 3.09. The van der Waals surface area contributed by atoms with E-state index in [1.807, 2.05) is 18.3 Å². The van der Waals surface area contributed by atoms with Crippen LogP contribution in [0.1, 0.15) is 40.6 Å². The van der Waals surface area contributed by atoms with E-state index >= 15 is 0 Å². The highest BCUT2D eigenvalue weighted by Gasteiger charge is 2.23. The number of piperidine rings is 1. The minimum atomic E-state index is -0.481. The highest BCUT2D eigenvalue weighted by Crippen LogP contribution is 2.25. The van der Waals surface area contributed by atoms with Crippen LogP contribution in [0, 0.1) is 0 Å². The molecule has 116 valence electrons. The predicted molar refractivity (Wildman–Crippen MR) is 83.5 cm³/mol. The van der Waals surface area contributed by atoms with Crippen molar-refractivity contribution >= 4 is 5.91 Å². The molecule has 0 bridgehead atoms. The summed E-state index contributed by atoms with van der Waals surface area (Å²) < 4.78 is 0. The number of aromatic nitrogens is 3. The van der Waals surface area contributed by atoms with Gasteiger partial charge in [0.2, 0.25) is 0 Å². The molecule has 3 N–H and O–H groups in total. The molecule has 0 aliphatic carbocycles. The Morgan fingerprint density at radius 2 is 2.36 bits per heavy atom. The maximum absolute atomic E-state index is 11.1. The van der Waals surface area contributed by atoms with Gasteiger partial charge >= 0.3 is 0 Å². The molecule has 1 aliphatic heterocycles. The first-order valence-electron chi connectivity index (χ1n) is 7.70. The second kappa shape index (κ2) is 6.70. The third-order valence-electron chi connectivity index (χ3n) is 4.21. The summed E-state index contributed by atoms with van der Waals surface area (Å²) in [5.41, 5.74) is 7.71. The van der Waals surface area contributed by atoms with Gasteiger partial charge in [0.05, 0.1) is 0 Å². The second-order valence-corrected chi connectivity index (χ2v) is 5.78. The zero-order valence-electron chi connectivity index (χ0n) is 12.5. The monoisotopic (exact) mass is 299 g/mol. The molecule has 6 nitrogen and oxygen atoms in total. The van der Waals surface area contributed by atoms with Crippen molar-refractivity contribution in [1.29, 1.82) is 0 Å². The molecule has 0 aromatic carbocycles. The van der Waals surface area contributed by atoms with Gasteiger partial charge in [-0.05, 0) is 37.6 Å². The van der Waals surface area contributed by atoms with Crippen LogP contribution in [-0.4, -0.2) is 45.6 Å². The Labute approximate surface area is 129 Å². The number of likely N-dealkylation sites (tertiary alicyclic amines) is 1. The van der Waals surface area contributed by atoms with E-state index in [0.29, 0.717) is 11.6 Å². The van der Waals surface area contributed by atoms with E-state index < -0.39 is 5.91 Å². The molecule has 1 atom stereocenters. The number of hydrogen-bond donors (Lipinski definition) is 2. The van der Waals surface area contributed by atoms with Crippen molar-refractivity contribution in [3.05, 3.63) is 47.5 Å². The molecule has 0 radical (unpaired) electrons. The maximum atomic E-state index is 11.1. The van der Waals surface area contributed by atoms with Gasteiger partial charge in [0.25, 0.3) is 5.91 Å². The molecule has 1 amide bonds. The van der Waals surface area contributed by atoms with E-state index in [1.165, 1.54) is 0 Å². The third kappa shape index (κ3) is 3.51. The lowest BCUT2D eigenvalue weighted by Crippen LogP contribution is -2.36. The van der Waals surface area contributed by atoms with Crippen molar-refractivity contribution < 1.29 is 4.79 Å². The second-order valence-electron chi connectivity index (χ2n) is 5.78. The SMILES string of the molecule is NC(=O)c1cc([C@H]2CCCN(CCc3ccccn3)C2)[nH]n1. The van der Waals surface area contributed by atoms with Crippen LogP contribution >= 0.6 is 0 Å². The highest BCUT2D eigenvalue weighted by atomic mass is 16.1.